The molecule has 27 heavy (non-hydrogen) atoms. The highest BCUT2D eigenvalue weighted by Crippen LogP contribution is 2.51. The summed E-state index contributed by atoms with van der Waals surface area (Å²) < 4.78 is 6.53. The number of ether oxygens (including phenoxy) is 1. The molecule has 1 aliphatic rings. The summed E-state index contributed by atoms with van der Waals surface area (Å²) in [6.45, 7) is 4.46. The van der Waals surface area contributed by atoms with E-state index in [9.17, 15) is 5.11 Å². The molecule has 3 atom stereocenters. The molecule has 0 aliphatic carbocycles. The van der Waals surface area contributed by atoms with Gasteiger partial charge in [0.2, 0.25) is 0 Å². The molecule has 1 heterocycles. The summed E-state index contributed by atoms with van der Waals surface area (Å²) in [6.07, 6.45) is 3.92. The first kappa shape index (κ1) is 20.8. The Hall–Kier alpha value is -0.970. The zero-order valence-corrected chi connectivity index (χ0v) is 18.8. The number of hydrogen-bond donors (Lipinski definition) is 1. The third kappa shape index (κ3) is 4.23. The van der Waals surface area contributed by atoms with E-state index in [0.717, 1.165) is 47.2 Å². The minimum Gasteiger partial charge on any atom is -0.497 e. The molecule has 0 bridgehead atoms. The van der Waals surface area contributed by atoms with Crippen LogP contribution in [0.5, 0.6) is 5.75 Å². The molecule has 2 aromatic carbocycles. The zero-order valence-electron chi connectivity index (χ0n) is 16.4. The summed E-state index contributed by atoms with van der Waals surface area (Å²) in [6, 6.07) is 14.7. The van der Waals surface area contributed by atoms with E-state index in [1.54, 1.807) is 7.11 Å². The van der Waals surface area contributed by atoms with Crippen molar-refractivity contribution >= 4 is 27.7 Å². The maximum atomic E-state index is 11.8. The van der Waals surface area contributed by atoms with Crippen LogP contribution in [-0.2, 0) is 0 Å². The Balaban J connectivity index is 2.15. The number of rotatable bonds is 6. The van der Waals surface area contributed by atoms with Gasteiger partial charge in [0, 0.05) is 26.5 Å². The summed E-state index contributed by atoms with van der Waals surface area (Å²) in [5, 5.41) is 11.8. The molecule has 0 fully saturated rings. The van der Waals surface area contributed by atoms with Crippen molar-refractivity contribution in [3.05, 3.63) is 58.1 Å². The smallest absolute Gasteiger partial charge is 0.119 e. The van der Waals surface area contributed by atoms with Crippen molar-refractivity contribution in [2.75, 3.05) is 12.9 Å². The van der Waals surface area contributed by atoms with E-state index in [4.69, 9.17) is 4.74 Å². The van der Waals surface area contributed by atoms with E-state index in [1.807, 2.05) is 23.9 Å². The van der Waals surface area contributed by atoms with Gasteiger partial charge in [-0.2, -0.15) is 0 Å². The summed E-state index contributed by atoms with van der Waals surface area (Å²) >= 11 is 5.54. The molecule has 0 spiro atoms. The van der Waals surface area contributed by atoms with Gasteiger partial charge >= 0.3 is 0 Å². The van der Waals surface area contributed by atoms with Gasteiger partial charge in [-0.25, -0.2) is 0 Å². The molecular formula is C23H29BrO2S. The molecular weight excluding hydrogens is 420 g/mol. The average Bonchev–Trinajstić information content (AvgIpc) is 2.81. The van der Waals surface area contributed by atoms with Gasteiger partial charge in [-0.3, -0.25) is 0 Å². The minimum absolute atomic E-state index is 0.0561. The highest BCUT2D eigenvalue weighted by Gasteiger charge is 2.44. The van der Waals surface area contributed by atoms with Crippen LogP contribution >= 0.6 is 27.7 Å². The summed E-state index contributed by atoms with van der Waals surface area (Å²) in [7, 11) is 1.70. The molecule has 2 nitrogen and oxygen atoms in total. The lowest BCUT2D eigenvalue weighted by atomic mass is 9.69. The molecule has 0 radical (unpaired) electrons. The standard InChI is InChI=1S/C23H29BrO2S/c1-4-6-12-23(5-2)15-27-20-11-10-17(24)14-19(20)21(22(23)25)16-8-7-9-18(13-16)26-3/h7-11,13-14,21-22,25H,4-6,12,15H2,1-3H3/t21-,22-,23+/m0/s1. The molecule has 4 heteroatoms. The van der Waals surface area contributed by atoms with Gasteiger partial charge in [0.1, 0.15) is 5.75 Å². The maximum Gasteiger partial charge on any atom is 0.119 e. The fourth-order valence-electron chi connectivity index (χ4n) is 4.16. The van der Waals surface area contributed by atoms with E-state index in [2.05, 4.69) is 60.1 Å². The third-order valence-corrected chi connectivity index (χ3v) is 7.85. The van der Waals surface area contributed by atoms with Crippen LogP contribution in [0.15, 0.2) is 51.8 Å². The molecule has 1 N–H and O–H groups in total. The van der Waals surface area contributed by atoms with Crippen molar-refractivity contribution in [1.29, 1.82) is 0 Å². The number of methoxy groups -OCH3 is 1. The van der Waals surface area contributed by atoms with E-state index >= 15 is 0 Å². The highest BCUT2D eigenvalue weighted by atomic mass is 79.9. The minimum atomic E-state index is -0.427. The predicted molar refractivity (Wildman–Crippen MR) is 118 cm³/mol. The molecule has 0 aromatic heterocycles. The maximum absolute atomic E-state index is 11.8. The van der Waals surface area contributed by atoms with Crippen LogP contribution in [0.25, 0.3) is 0 Å². The Bertz CT molecular complexity index is 779. The Morgan fingerprint density at radius 1 is 1.22 bits per heavy atom. The van der Waals surface area contributed by atoms with E-state index in [1.165, 1.54) is 10.5 Å². The summed E-state index contributed by atoms with van der Waals surface area (Å²) in [4.78, 5) is 1.27. The first-order chi connectivity index (χ1) is 13.0. The van der Waals surface area contributed by atoms with Crippen molar-refractivity contribution < 1.29 is 9.84 Å². The van der Waals surface area contributed by atoms with Gasteiger partial charge < -0.3 is 9.84 Å². The van der Waals surface area contributed by atoms with Gasteiger partial charge in [-0.1, -0.05) is 54.8 Å². The molecule has 0 saturated heterocycles. The summed E-state index contributed by atoms with van der Waals surface area (Å²) in [5.41, 5.74) is 2.25. The van der Waals surface area contributed by atoms with Crippen molar-refractivity contribution in [3.63, 3.8) is 0 Å². The third-order valence-electron chi connectivity index (χ3n) is 5.95. The van der Waals surface area contributed by atoms with Gasteiger partial charge in [0.15, 0.2) is 0 Å². The SMILES string of the molecule is CCCC[C@]1(CC)CSc2ccc(Br)cc2[C@H](c2cccc(OC)c2)[C@@H]1O. The van der Waals surface area contributed by atoms with Crippen molar-refractivity contribution in [3.8, 4) is 5.75 Å². The van der Waals surface area contributed by atoms with E-state index < -0.39 is 6.10 Å². The number of aliphatic hydroxyl groups is 1. The predicted octanol–water partition coefficient (Wildman–Crippen LogP) is 6.64. The second kappa shape index (κ2) is 9.02. The van der Waals surface area contributed by atoms with Crippen LogP contribution < -0.4 is 4.74 Å². The van der Waals surface area contributed by atoms with Crippen LogP contribution in [0.2, 0.25) is 0 Å². The fraction of sp³-hybridized carbons (Fsp3) is 0.478. The number of benzene rings is 2. The average molecular weight is 449 g/mol. The Labute approximate surface area is 175 Å². The van der Waals surface area contributed by atoms with Crippen molar-refractivity contribution in [1.82, 2.24) is 0 Å². The Morgan fingerprint density at radius 2 is 2.04 bits per heavy atom. The quantitative estimate of drug-likeness (QED) is 0.536. The first-order valence-corrected chi connectivity index (χ1v) is 11.6. The van der Waals surface area contributed by atoms with E-state index in [-0.39, 0.29) is 11.3 Å². The molecule has 2 aromatic rings. The molecule has 0 saturated carbocycles. The van der Waals surface area contributed by atoms with Crippen LogP contribution in [0.3, 0.4) is 0 Å². The Kier molecular flexibility index (Phi) is 6.93. The molecule has 0 unspecified atom stereocenters. The van der Waals surface area contributed by atoms with Crippen LogP contribution in [0.4, 0.5) is 0 Å². The number of halogens is 1. The second-order valence-electron chi connectivity index (χ2n) is 7.49. The fourth-order valence-corrected chi connectivity index (χ4v) is 6.02. The Morgan fingerprint density at radius 3 is 2.74 bits per heavy atom. The summed E-state index contributed by atoms with van der Waals surface area (Å²) in [5.74, 6) is 1.74. The first-order valence-electron chi connectivity index (χ1n) is 9.79. The zero-order chi connectivity index (χ0) is 19.4. The lowest BCUT2D eigenvalue weighted by Gasteiger charge is -2.40. The van der Waals surface area contributed by atoms with Gasteiger partial charge in [0.25, 0.3) is 0 Å². The largest absolute Gasteiger partial charge is 0.497 e. The lowest BCUT2D eigenvalue weighted by Crippen LogP contribution is -2.40. The van der Waals surface area contributed by atoms with Crippen LogP contribution in [0, 0.1) is 5.41 Å². The van der Waals surface area contributed by atoms with Gasteiger partial charge in [-0.05, 0) is 54.3 Å². The molecule has 146 valence electrons. The number of fused-ring (bicyclic) bond motifs is 1. The van der Waals surface area contributed by atoms with Crippen molar-refractivity contribution in [2.45, 2.75) is 56.4 Å². The topological polar surface area (TPSA) is 29.5 Å². The number of aliphatic hydroxyl groups excluding tert-OH is 1. The van der Waals surface area contributed by atoms with Crippen LogP contribution in [0.1, 0.15) is 56.6 Å². The van der Waals surface area contributed by atoms with Gasteiger partial charge in [-0.15, -0.1) is 11.8 Å². The number of unbranched alkanes of at least 4 members (excludes halogenated alkanes) is 1. The lowest BCUT2D eigenvalue weighted by molar-refractivity contribution is 0.0182. The van der Waals surface area contributed by atoms with Gasteiger partial charge in [0.05, 0.1) is 13.2 Å². The highest BCUT2D eigenvalue weighted by molar-refractivity contribution is 9.10. The van der Waals surface area contributed by atoms with Crippen LogP contribution in [-0.4, -0.2) is 24.1 Å². The number of thioether (sulfide) groups is 1. The second-order valence-corrected chi connectivity index (χ2v) is 9.42. The molecule has 0 amide bonds. The number of hydrogen-bond acceptors (Lipinski definition) is 3. The monoisotopic (exact) mass is 448 g/mol. The normalized spacial score (nSPS) is 24.9. The van der Waals surface area contributed by atoms with E-state index in [0.29, 0.717) is 0 Å². The molecule has 1 aliphatic heterocycles. The molecule has 3 rings (SSSR count). The van der Waals surface area contributed by atoms with Crippen molar-refractivity contribution in [2.24, 2.45) is 5.41 Å².